The first-order chi connectivity index (χ1) is 13.4. The molecular formula is C25H38O4. The number of aliphatic carboxylic acids is 1. The fourth-order valence-corrected chi connectivity index (χ4v) is 5.92. The van der Waals surface area contributed by atoms with Crippen LogP contribution in [0.25, 0.3) is 0 Å². The number of allylic oxidation sites excluding steroid dienone is 4. The van der Waals surface area contributed by atoms with Gasteiger partial charge < -0.3 is 9.84 Å². The van der Waals surface area contributed by atoms with Crippen molar-refractivity contribution in [1.82, 2.24) is 0 Å². The zero-order valence-electron chi connectivity index (χ0n) is 19.2. The second-order valence-corrected chi connectivity index (χ2v) is 10.1. The van der Waals surface area contributed by atoms with Crippen LogP contribution in [-0.2, 0) is 14.3 Å². The number of carboxylic acid groups (broad SMARTS) is 1. The van der Waals surface area contributed by atoms with Gasteiger partial charge in [-0.05, 0) is 82.5 Å². The molecule has 0 bridgehead atoms. The first kappa shape index (κ1) is 23.4. The summed E-state index contributed by atoms with van der Waals surface area (Å²) in [6, 6.07) is 0. The standard InChI is InChI=1S/C25H38O4/c1-8-17(3)23(28)29-19-14-24(5,6)21-12-10-18(4)20(25(21,7)15-19)11-9-16(2)13-22(26)27/h8,10,13,19-21H,9,11-12,14-15H2,1-7H3,(H,26,27)/b16-13+,17-8-/t19-,20-,21-,25+/m1/s1. The quantitative estimate of drug-likeness (QED) is 0.332. The number of fused-ring (bicyclic) bond motifs is 1. The predicted molar refractivity (Wildman–Crippen MR) is 116 cm³/mol. The third-order valence-corrected chi connectivity index (χ3v) is 7.41. The smallest absolute Gasteiger partial charge is 0.333 e. The summed E-state index contributed by atoms with van der Waals surface area (Å²) >= 11 is 0. The van der Waals surface area contributed by atoms with E-state index in [1.165, 1.54) is 11.6 Å². The van der Waals surface area contributed by atoms with Crippen molar-refractivity contribution < 1.29 is 19.4 Å². The van der Waals surface area contributed by atoms with Gasteiger partial charge in [0.05, 0.1) is 0 Å². The van der Waals surface area contributed by atoms with E-state index in [0.717, 1.165) is 37.7 Å². The number of rotatable bonds is 6. The first-order valence-electron chi connectivity index (χ1n) is 10.8. The number of carbonyl (C=O) groups is 2. The molecule has 0 heterocycles. The maximum Gasteiger partial charge on any atom is 0.333 e. The first-order valence-corrected chi connectivity index (χ1v) is 10.8. The third kappa shape index (κ3) is 5.21. The average molecular weight is 403 g/mol. The Morgan fingerprint density at radius 3 is 2.48 bits per heavy atom. The van der Waals surface area contributed by atoms with E-state index in [-0.39, 0.29) is 22.9 Å². The number of hydrogen-bond acceptors (Lipinski definition) is 3. The van der Waals surface area contributed by atoms with E-state index in [2.05, 4.69) is 33.8 Å². The Bertz CT molecular complexity index is 740. The molecule has 2 rings (SSSR count). The van der Waals surface area contributed by atoms with Gasteiger partial charge in [-0.25, -0.2) is 9.59 Å². The molecule has 0 radical (unpaired) electrons. The highest BCUT2D eigenvalue weighted by atomic mass is 16.5. The molecule has 4 heteroatoms. The molecule has 0 amide bonds. The lowest BCUT2D eigenvalue weighted by Gasteiger charge is -2.58. The van der Waals surface area contributed by atoms with E-state index >= 15 is 0 Å². The summed E-state index contributed by atoms with van der Waals surface area (Å²) in [6.45, 7) is 14.7. The second-order valence-electron chi connectivity index (χ2n) is 10.1. The Hall–Kier alpha value is -1.84. The van der Waals surface area contributed by atoms with Gasteiger partial charge >= 0.3 is 11.9 Å². The SMILES string of the molecule is C/C=C(/C)C(=O)O[C@@H]1CC(C)(C)[C@H]2CC=C(C)[C@@H](CC/C(C)=C/C(=O)O)[C@]2(C)C1. The van der Waals surface area contributed by atoms with Crippen molar-refractivity contribution in [2.45, 2.75) is 86.7 Å². The lowest BCUT2D eigenvalue weighted by Crippen LogP contribution is -2.53. The molecule has 0 saturated heterocycles. The summed E-state index contributed by atoms with van der Waals surface area (Å²) in [6.07, 6.45) is 9.91. The van der Waals surface area contributed by atoms with Gasteiger partial charge in [0.1, 0.15) is 6.10 Å². The largest absolute Gasteiger partial charge is 0.478 e. The van der Waals surface area contributed by atoms with E-state index in [0.29, 0.717) is 17.4 Å². The molecule has 2 aliphatic carbocycles. The number of carboxylic acids is 1. The molecule has 29 heavy (non-hydrogen) atoms. The Kier molecular flexibility index (Phi) is 7.19. The molecule has 0 aliphatic heterocycles. The van der Waals surface area contributed by atoms with Gasteiger partial charge in [-0.3, -0.25) is 0 Å². The number of esters is 1. The monoisotopic (exact) mass is 402 g/mol. The molecule has 0 aromatic carbocycles. The molecule has 0 aromatic rings. The molecule has 4 atom stereocenters. The van der Waals surface area contributed by atoms with Crippen LogP contribution < -0.4 is 0 Å². The fourth-order valence-electron chi connectivity index (χ4n) is 5.92. The van der Waals surface area contributed by atoms with E-state index in [1.807, 2.05) is 13.8 Å². The summed E-state index contributed by atoms with van der Waals surface area (Å²) < 4.78 is 5.94. The minimum Gasteiger partial charge on any atom is -0.478 e. The van der Waals surface area contributed by atoms with Gasteiger partial charge in [-0.1, -0.05) is 44.1 Å². The lowest BCUT2D eigenvalue weighted by atomic mass is 9.47. The predicted octanol–water partition coefficient (Wildman–Crippen LogP) is 6.08. The third-order valence-electron chi connectivity index (χ3n) is 7.41. The number of carbonyl (C=O) groups excluding carboxylic acids is 1. The Morgan fingerprint density at radius 2 is 1.90 bits per heavy atom. The minimum atomic E-state index is -0.882. The summed E-state index contributed by atoms with van der Waals surface area (Å²) in [5.41, 5.74) is 3.04. The fraction of sp³-hybridized carbons (Fsp3) is 0.680. The van der Waals surface area contributed by atoms with Crippen LogP contribution in [0.5, 0.6) is 0 Å². The lowest BCUT2D eigenvalue weighted by molar-refractivity contribution is -0.159. The topological polar surface area (TPSA) is 63.6 Å². The number of hydrogen-bond donors (Lipinski definition) is 1. The van der Waals surface area contributed by atoms with Gasteiger partial charge in [0.25, 0.3) is 0 Å². The van der Waals surface area contributed by atoms with Crippen molar-refractivity contribution in [1.29, 1.82) is 0 Å². The van der Waals surface area contributed by atoms with Crippen molar-refractivity contribution in [2.24, 2.45) is 22.7 Å². The average Bonchev–Trinajstić information content (AvgIpc) is 2.58. The van der Waals surface area contributed by atoms with Crippen molar-refractivity contribution >= 4 is 11.9 Å². The summed E-state index contributed by atoms with van der Waals surface area (Å²) in [5, 5.41) is 9.02. The van der Waals surface area contributed by atoms with Crippen molar-refractivity contribution in [3.63, 3.8) is 0 Å². The highest BCUT2D eigenvalue weighted by Crippen LogP contribution is 2.61. The molecule has 1 fully saturated rings. The summed E-state index contributed by atoms with van der Waals surface area (Å²) in [5.74, 6) is -0.213. The van der Waals surface area contributed by atoms with E-state index < -0.39 is 5.97 Å². The molecule has 162 valence electrons. The van der Waals surface area contributed by atoms with Gasteiger partial charge in [0, 0.05) is 11.6 Å². The second kappa shape index (κ2) is 8.89. The summed E-state index contributed by atoms with van der Waals surface area (Å²) in [4.78, 5) is 23.4. The highest BCUT2D eigenvalue weighted by Gasteiger charge is 2.55. The number of ether oxygens (including phenoxy) is 1. The van der Waals surface area contributed by atoms with E-state index in [1.54, 1.807) is 13.0 Å². The van der Waals surface area contributed by atoms with Crippen molar-refractivity contribution in [3.05, 3.63) is 34.9 Å². The Balaban J connectivity index is 2.29. The molecule has 2 aliphatic rings. The van der Waals surface area contributed by atoms with E-state index in [4.69, 9.17) is 9.84 Å². The van der Waals surface area contributed by atoms with Crippen LogP contribution in [0, 0.1) is 22.7 Å². The maximum atomic E-state index is 12.4. The van der Waals surface area contributed by atoms with Crippen LogP contribution >= 0.6 is 0 Å². The van der Waals surface area contributed by atoms with Gasteiger partial charge in [-0.15, -0.1) is 0 Å². The maximum absolute atomic E-state index is 12.4. The molecule has 4 nitrogen and oxygen atoms in total. The van der Waals surface area contributed by atoms with Crippen LogP contribution in [0.1, 0.15) is 80.6 Å². The molecule has 0 aromatic heterocycles. The zero-order chi connectivity index (χ0) is 22.0. The van der Waals surface area contributed by atoms with Gasteiger partial charge in [0.15, 0.2) is 0 Å². The van der Waals surface area contributed by atoms with Crippen molar-refractivity contribution in [2.75, 3.05) is 0 Å². The Morgan fingerprint density at radius 1 is 1.24 bits per heavy atom. The molecular weight excluding hydrogens is 364 g/mol. The zero-order valence-corrected chi connectivity index (χ0v) is 19.2. The highest BCUT2D eigenvalue weighted by molar-refractivity contribution is 5.87. The van der Waals surface area contributed by atoms with Crippen LogP contribution in [-0.4, -0.2) is 23.1 Å². The normalized spacial score (nSPS) is 32.2. The van der Waals surface area contributed by atoms with E-state index in [9.17, 15) is 9.59 Å². The summed E-state index contributed by atoms with van der Waals surface area (Å²) in [7, 11) is 0. The molecule has 0 spiro atoms. The molecule has 1 saturated carbocycles. The minimum absolute atomic E-state index is 0.0267. The van der Waals surface area contributed by atoms with Crippen LogP contribution in [0.2, 0.25) is 0 Å². The van der Waals surface area contributed by atoms with Crippen LogP contribution in [0.3, 0.4) is 0 Å². The Labute approximate surface area is 176 Å². The van der Waals surface area contributed by atoms with Crippen LogP contribution in [0.15, 0.2) is 34.9 Å². The molecule has 0 unspecified atom stereocenters. The van der Waals surface area contributed by atoms with Crippen molar-refractivity contribution in [3.8, 4) is 0 Å². The van der Waals surface area contributed by atoms with Gasteiger partial charge in [-0.2, -0.15) is 0 Å². The van der Waals surface area contributed by atoms with Gasteiger partial charge in [0.2, 0.25) is 0 Å². The van der Waals surface area contributed by atoms with Crippen LogP contribution in [0.4, 0.5) is 0 Å². The molecule has 1 N–H and O–H groups in total.